The second-order valence-electron chi connectivity index (χ2n) is 7.56. The maximum atomic E-state index is 13.2. The average Bonchev–Trinajstić information content (AvgIpc) is 2.60. The summed E-state index contributed by atoms with van der Waals surface area (Å²) in [4.78, 5) is 28.7. The molecule has 7 heteroatoms. The van der Waals surface area contributed by atoms with Crippen molar-refractivity contribution in [3.05, 3.63) is 70.5 Å². The van der Waals surface area contributed by atoms with Crippen molar-refractivity contribution < 1.29 is 14.0 Å². The Bertz CT molecular complexity index is 862. The van der Waals surface area contributed by atoms with Crippen molar-refractivity contribution in [1.82, 2.24) is 9.80 Å². The minimum atomic E-state index is -0.789. The van der Waals surface area contributed by atoms with Crippen molar-refractivity contribution in [3.63, 3.8) is 0 Å². The Kier molecular flexibility index (Phi) is 5.72. The summed E-state index contributed by atoms with van der Waals surface area (Å²) in [5.74, 6) is -0.910. The lowest BCUT2D eigenvalue weighted by Crippen LogP contribution is -2.66. The van der Waals surface area contributed by atoms with Crippen LogP contribution >= 0.6 is 11.6 Å². The fourth-order valence-corrected chi connectivity index (χ4v) is 3.79. The number of hydrogen-bond acceptors (Lipinski definition) is 3. The summed E-state index contributed by atoms with van der Waals surface area (Å²) in [5, 5.41) is 0.621. The van der Waals surface area contributed by atoms with Crippen LogP contribution in [0.2, 0.25) is 5.02 Å². The second-order valence-corrected chi connectivity index (χ2v) is 8.00. The van der Waals surface area contributed by atoms with Crippen molar-refractivity contribution in [2.24, 2.45) is 11.1 Å². The van der Waals surface area contributed by atoms with Crippen molar-refractivity contribution in [1.29, 1.82) is 0 Å². The Morgan fingerprint density at radius 3 is 2.21 bits per heavy atom. The lowest BCUT2D eigenvalue weighted by Gasteiger charge is -2.49. The standard InChI is InChI=1S/C21H23ClFN3O2/c1-25(2)18(15-5-9-17(23)10-6-15)19(27)26-12-21(13-26,20(24)28)11-14-3-7-16(22)8-4-14/h3-10,18H,11-13H2,1-2H3,(H2,24,28). The molecule has 0 bridgehead atoms. The fraction of sp³-hybridized carbons (Fsp3) is 0.333. The number of amides is 2. The lowest BCUT2D eigenvalue weighted by molar-refractivity contribution is -0.155. The van der Waals surface area contributed by atoms with Gasteiger partial charge < -0.3 is 10.6 Å². The monoisotopic (exact) mass is 403 g/mol. The van der Waals surface area contributed by atoms with Crippen LogP contribution in [-0.4, -0.2) is 48.8 Å². The SMILES string of the molecule is CN(C)C(C(=O)N1CC(Cc2ccc(Cl)cc2)(C(N)=O)C1)c1ccc(F)cc1. The Morgan fingerprint density at radius 2 is 1.71 bits per heavy atom. The number of nitrogens with two attached hydrogens (primary N) is 1. The molecule has 2 aromatic carbocycles. The number of rotatable bonds is 6. The van der Waals surface area contributed by atoms with Crippen LogP contribution in [0.1, 0.15) is 17.2 Å². The van der Waals surface area contributed by atoms with Gasteiger partial charge >= 0.3 is 0 Å². The predicted octanol–water partition coefficient (Wildman–Crippen LogP) is 2.64. The summed E-state index contributed by atoms with van der Waals surface area (Å²) < 4.78 is 13.2. The third-order valence-corrected chi connectivity index (χ3v) is 5.47. The van der Waals surface area contributed by atoms with Gasteiger partial charge in [0.2, 0.25) is 11.8 Å². The molecule has 0 radical (unpaired) electrons. The first-order valence-electron chi connectivity index (χ1n) is 8.97. The van der Waals surface area contributed by atoms with E-state index in [0.717, 1.165) is 5.56 Å². The zero-order chi connectivity index (χ0) is 20.5. The smallest absolute Gasteiger partial charge is 0.244 e. The number of halogens is 2. The van der Waals surface area contributed by atoms with Gasteiger partial charge in [0.05, 0.1) is 5.41 Å². The molecule has 1 aliphatic rings. The van der Waals surface area contributed by atoms with Crippen LogP contribution in [-0.2, 0) is 16.0 Å². The van der Waals surface area contributed by atoms with E-state index in [1.165, 1.54) is 12.1 Å². The van der Waals surface area contributed by atoms with E-state index in [2.05, 4.69) is 0 Å². The molecular formula is C21H23ClFN3O2. The molecule has 0 spiro atoms. The van der Waals surface area contributed by atoms with Gasteiger partial charge in [-0.3, -0.25) is 14.5 Å². The van der Waals surface area contributed by atoms with Gasteiger partial charge in [-0.2, -0.15) is 0 Å². The second kappa shape index (κ2) is 7.89. The van der Waals surface area contributed by atoms with Crippen molar-refractivity contribution in [2.45, 2.75) is 12.5 Å². The minimum absolute atomic E-state index is 0.135. The summed E-state index contributed by atoms with van der Waals surface area (Å²) in [6.45, 7) is 0.519. The molecule has 1 fully saturated rings. The molecule has 0 aliphatic carbocycles. The van der Waals surface area contributed by atoms with E-state index >= 15 is 0 Å². The predicted molar refractivity (Wildman–Crippen MR) is 106 cm³/mol. The summed E-state index contributed by atoms with van der Waals surface area (Å²) in [7, 11) is 3.58. The van der Waals surface area contributed by atoms with Crippen LogP contribution in [0, 0.1) is 11.2 Å². The fourth-order valence-electron chi connectivity index (χ4n) is 3.67. The highest BCUT2D eigenvalue weighted by atomic mass is 35.5. The number of likely N-dealkylation sites (tertiary alicyclic amines) is 1. The summed E-state index contributed by atoms with van der Waals surface area (Å²) in [6, 6.07) is 12.6. The van der Waals surface area contributed by atoms with E-state index in [0.29, 0.717) is 17.0 Å². The van der Waals surface area contributed by atoms with Crippen molar-refractivity contribution >= 4 is 23.4 Å². The van der Waals surface area contributed by atoms with Crippen LogP contribution in [0.15, 0.2) is 48.5 Å². The highest BCUT2D eigenvalue weighted by Crippen LogP contribution is 2.36. The zero-order valence-electron chi connectivity index (χ0n) is 15.9. The number of benzene rings is 2. The van der Waals surface area contributed by atoms with Crippen LogP contribution < -0.4 is 5.73 Å². The molecule has 148 valence electrons. The molecule has 28 heavy (non-hydrogen) atoms. The molecule has 1 aliphatic heterocycles. The molecule has 2 amide bonds. The molecule has 0 aromatic heterocycles. The first-order valence-corrected chi connectivity index (χ1v) is 9.35. The number of nitrogens with zero attached hydrogens (tertiary/aromatic N) is 2. The lowest BCUT2D eigenvalue weighted by atomic mass is 9.73. The molecule has 0 saturated carbocycles. The topological polar surface area (TPSA) is 66.6 Å². The summed E-state index contributed by atoms with van der Waals surface area (Å²) >= 11 is 5.92. The Labute approximate surface area is 168 Å². The number of hydrogen-bond donors (Lipinski definition) is 1. The Morgan fingerprint density at radius 1 is 1.14 bits per heavy atom. The van der Waals surface area contributed by atoms with Gasteiger partial charge in [0, 0.05) is 18.1 Å². The highest BCUT2D eigenvalue weighted by molar-refractivity contribution is 6.30. The van der Waals surface area contributed by atoms with Crippen molar-refractivity contribution in [2.75, 3.05) is 27.2 Å². The van der Waals surface area contributed by atoms with Crippen LogP contribution in [0.3, 0.4) is 0 Å². The third kappa shape index (κ3) is 4.03. The highest BCUT2D eigenvalue weighted by Gasteiger charge is 2.51. The molecule has 3 rings (SSSR count). The van der Waals surface area contributed by atoms with E-state index in [9.17, 15) is 14.0 Å². The van der Waals surface area contributed by atoms with Gasteiger partial charge in [0.25, 0.3) is 0 Å². The van der Waals surface area contributed by atoms with E-state index in [1.54, 1.807) is 48.2 Å². The van der Waals surface area contributed by atoms with Gasteiger partial charge in [-0.05, 0) is 55.9 Å². The zero-order valence-corrected chi connectivity index (χ0v) is 16.6. The average molecular weight is 404 g/mol. The van der Waals surface area contributed by atoms with E-state index < -0.39 is 17.4 Å². The number of likely N-dealkylation sites (N-methyl/N-ethyl adjacent to an activating group) is 1. The molecule has 2 N–H and O–H groups in total. The maximum absolute atomic E-state index is 13.2. The number of carbonyl (C=O) groups is 2. The molecule has 1 saturated heterocycles. The van der Waals surface area contributed by atoms with Crippen LogP contribution in [0.4, 0.5) is 4.39 Å². The normalized spacial score (nSPS) is 16.5. The molecule has 1 unspecified atom stereocenters. The van der Waals surface area contributed by atoms with Gasteiger partial charge in [-0.1, -0.05) is 35.9 Å². The van der Waals surface area contributed by atoms with Crippen molar-refractivity contribution in [3.8, 4) is 0 Å². The molecule has 1 heterocycles. The van der Waals surface area contributed by atoms with Gasteiger partial charge in [-0.25, -0.2) is 4.39 Å². The van der Waals surface area contributed by atoms with E-state index in [4.69, 9.17) is 17.3 Å². The number of primary amides is 1. The van der Waals surface area contributed by atoms with Crippen LogP contribution in [0.25, 0.3) is 0 Å². The first kappa shape index (κ1) is 20.3. The molecular weight excluding hydrogens is 381 g/mol. The first-order chi connectivity index (χ1) is 13.2. The molecule has 2 aromatic rings. The van der Waals surface area contributed by atoms with Gasteiger partial charge in [0.15, 0.2) is 0 Å². The Balaban J connectivity index is 1.75. The van der Waals surface area contributed by atoms with Crippen LogP contribution in [0.5, 0.6) is 0 Å². The van der Waals surface area contributed by atoms with Gasteiger partial charge in [-0.15, -0.1) is 0 Å². The van der Waals surface area contributed by atoms with E-state index in [1.807, 2.05) is 12.1 Å². The maximum Gasteiger partial charge on any atom is 0.244 e. The minimum Gasteiger partial charge on any atom is -0.369 e. The Hall–Kier alpha value is -2.44. The third-order valence-electron chi connectivity index (χ3n) is 5.21. The largest absolute Gasteiger partial charge is 0.369 e. The molecule has 1 atom stereocenters. The summed E-state index contributed by atoms with van der Waals surface area (Å²) in [5.41, 5.74) is 6.54. The van der Waals surface area contributed by atoms with Gasteiger partial charge in [0.1, 0.15) is 11.9 Å². The van der Waals surface area contributed by atoms with E-state index in [-0.39, 0.29) is 24.8 Å². The number of carbonyl (C=O) groups excluding carboxylic acids is 2. The quantitative estimate of drug-likeness (QED) is 0.806. The summed E-state index contributed by atoms with van der Waals surface area (Å²) in [6.07, 6.45) is 0.451. The molecule has 5 nitrogen and oxygen atoms in total.